The molecule has 6 heteroatoms. The van der Waals surface area contributed by atoms with Gasteiger partial charge in [-0.3, -0.25) is 0 Å². The smallest absolute Gasteiger partial charge is 0.190 e. The minimum Gasteiger partial charge on any atom is -0.374 e. The van der Waals surface area contributed by atoms with Gasteiger partial charge in [-0.15, -0.1) is 0 Å². The summed E-state index contributed by atoms with van der Waals surface area (Å²) >= 11 is 0. The number of ether oxygens (including phenoxy) is 6. The molecular weight excluding hydrogens is 504 g/mol. The van der Waals surface area contributed by atoms with Crippen molar-refractivity contribution in [3.8, 4) is 0 Å². The van der Waals surface area contributed by atoms with Gasteiger partial charge in [0.25, 0.3) is 0 Å². The van der Waals surface area contributed by atoms with Crippen LogP contribution < -0.4 is 0 Å². The largest absolute Gasteiger partial charge is 0.374 e. The number of fused-ring (bicyclic) bond motifs is 1. The summed E-state index contributed by atoms with van der Waals surface area (Å²) in [6.45, 7) is 1.62. The predicted octanol–water partition coefficient (Wildman–Crippen LogP) is 6.21. The summed E-state index contributed by atoms with van der Waals surface area (Å²) in [7, 11) is 0. The molecule has 4 aromatic carbocycles. The number of hydrogen-bond acceptors (Lipinski definition) is 6. The Hall–Kier alpha value is -3.36. The Morgan fingerprint density at radius 3 is 1.57 bits per heavy atom. The minimum atomic E-state index is -0.618. The normalized spacial score (nSPS) is 25.9. The van der Waals surface area contributed by atoms with Crippen molar-refractivity contribution >= 4 is 0 Å². The van der Waals surface area contributed by atoms with Gasteiger partial charge in [-0.1, -0.05) is 121 Å². The molecule has 4 aromatic rings. The topological polar surface area (TPSA) is 55.4 Å². The monoisotopic (exact) mass is 538 g/mol. The van der Waals surface area contributed by atoms with Crippen molar-refractivity contribution in [2.24, 2.45) is 0 Å². The first-order chi connectivity index (χ1) is 19.8. The maximum absolute atomic E-state index is 6.60. The van der Waals surface area contributed by atoms with E-state index in [0.717, 1.165) is 22.3 Å². The van der Waals surface area contributed by atoms with Crippen LogP contribution in [0.1, 0.15) is 28.5 Å². The second-order valence-electron chi connectivity index (χ2n) is 10.0. The van der Waals surface area contributed by atoms with E-state index >= 15 is 0 Å². The first-order valence-electron chi connectivity index (χ1n) is 13.8. The average molecular weight is 539 g/mol. The SMILES string of the molecule is c1ccc(COC[C@H]2O[C@@H]3O[C@@H](c4ccccc4)O[C@@H]3[C@@H](OCc3ccccc3)[C@@H]2OCc2ccccc2)cc1. The molecule has 6 nitrogen and oxygen atoms in total. The van der Waals surface area contributed by atoms with Crippen LogP contribution in [0.15, 0.2) is 121 Å². The van der Waals surface area contributed by atoms with E-state index in [4.69, 9.17) is 28.4 Å². The third-order valence-corrected chi connectivity index (χ3v) is 7.17. The van der Waals surface area contributed by atoms with Gasteiger partial charge < -0.3 is 28.4 Å². The fourth-order valence-electron chi connectivity index (χ4n) is 5.12. The van der Waals surface area contributed by atoms with Crippen LogP contribution >= 0.6 is 0 Å². The van der Waals surface area contributed by atoms with Gasteiger partial charge in [0.15, 0.2) is 12.6 Å². The first-order valence-corrected chi connectivity index (χ1v) is 13.8. The van der Waals surface area contributed by atoms with Crippen molar-refractivity contribution in [2.45, 2.75) is 56.8 Å². The van der Waals surface area contributed by atoms with Crippen LogP contribution in [-0.4, -0.2) is 37.3 Å². The molecule has 0 amide bonds. The van der Waals surface area contributed by atoms with Gasteiger partial charge in [0, 0.05) is 5.56 Å². The van der Waals surface area contributed by atoms with Gasteiger partial charge in [0.05, 0.1) is 26.4 Å². The molecule has 2 heterocycles. The molecule has 0 spiro atoms. The second kappa shape index (κ2) is 13.3. The summed E-state index contributed by atoms with van der Waals surface area (Å²) in [4.78, 5) is 0. The second-order valence-corrected chi connectivity index (χ2v) is 10.0. The first kappa shape index (κ1) is 26.8. The van der Waals surface area contributed by atoms with Gasteiger partial charge in [-0.25, -0.2) is 0 Å². The quantitative estimate of drug-likeness (QED) is 0.226. The fraction of sp³-hybridized carbons (Fsp3) is 0.294. The Morgan fingerprint density at radius 2 is 1.00 bits per heavy atom. The van der Waals surface area contributed by atoms with Crippen molar-refractivity contribution in [2.75, 3.05) is 6.61 Å². The highest BCUT2D eigenvalue weighted by Gasteiger charge is 2.54. The molecule has 0 saturated carbocycles. The van der Waals surface area contributed by atoms with Gasteiger partial charge >= 0.3 is 0 Å². The molecular formula is C34H34O6. The van der Waals surface area contributed by atoms with E-state index in [2.05, 4.69) is 12.1 Å². The summed E-state index contributed by atoms with van der Waals surface area (Å²) in [6.07, 6.45) is -2.96. The highest BCUT2D eigenvalue weighted by molar-refractivity contribution is 5.18. The van der Waals surface area contributed by atoms with E-state index in [-0.39, 0.29) is 0 Å². The number of benzene rings is 4. The lowest BCUT2D eigenvalue weighted by Gasteiger charge is -2.42. The Morgan fingerprint density at radius 1 is 0.500 bits per heavy atom. The van der Waals surface area contributed by atoms with Crippen molar-refractivity contribution in [1.82, 2.24) is 0 Å². The van der Waals surface area contributed by atoms with E-state index in [1.165, 1.54) is 0 Å². The van der Waals surface area contributed by atoms with Crippen molar-refractivity contribution in [3.05, 3.63) is 144 Å². The average Bonchev–Trinajstić information content (AvgIpc) is 3.45. The van der Waals surface area contributed by atoms with E-state index in [9.17, 15) is 0 Å². The molecule has 0 unspecified atom stereocenters. The van der Waals surface area contributed by atoms with Crippen molar-refractivity contribution in [1.29, 1.82) is 0 Å². The van der Waals surface area contributed by atoms with Gasteiger partial charge in [-0.2, -0.15) is 0 Å². The third-order valence-electron chi connectivity index (χ3n) is 7.17. The Labute approximate surface area is 235 Å². The standard InChI is InChI=1S/C34H34O6/c1-5-13-25(14-6-1)21-35-24-29-30(36-22-26-15-7-2-8-16-26)31(37-23-27-17-9-3-10-18-27)32-34(38-29)40-33(39-32)28-19-11-4-12-20-28/h1-20,29-34H,21-24H2/t29-,30-,31+,32-,33+,34-/m1/s1. The molecule has 6 rings (SSSR count). The zero-order valence-corrected chi connectivity index (χ0v) is 22.3. The summed E-state index contributed by atoms with van der Waals surface area (Å²) in [5, 5.41) is 0. The molecule has 0 N–H and O–H groups in total. The molecule has 6 atom stereocenters. The van der Waals surface area contributed by atoms with Gasteiger partial charge in [0.1, 0.15) is 24.4 Å². The Bertz CT molecular complexity index is 1290. The maximum atomic E-state index is 6.60. The highest BCUT2D eigenvalue weighted by Crippen LogP contribution is 2.40. The minimum absolute atomic E-state index is 0.322. The lowest BCUT2D eigenvalue weighted by atomic mass is 9.98. The molecule has 0 aliphatic carbocycles. The summed E-state index contributed by atoms with van der Waals surface area (Å²) < 4.78 is 38.6. The lowest BCUT2D eigenvalue weighted by molar-refractivity contribution is -0.278. The molecule has 206 valence electrons. The van der Waals surface area contributed by atoms with Crippen LogP contribution in [0.4, 0.5) is 0 Å². The van der Waals surface area contributed by atoms with Crippen molar-refractivity contribution < 1.29 is 28.4 Å². The summed E-state index contributed by atoms with van der Waals surface area (Å²) in [6, 6.07) is 40.2. The number of hydrogen-bond donors (Lipinski definition) is 0. The van der Waals surface area contributed by atoms with E-state index in [1.54, 1.807) is 0 Å². The van der Waals surface area contributed by atoms with Crippen LogP contribution in [0, 0.1) is 0 Å². The predicted molar refractivity (Wildman–Crippen MR) is 150 cm³/mol. The van der Waals surface area contributed by atoms with Gasteiger partial charge in [0.2, 0.25) is 0 Å². The van der Waals surface area contributed by atoms with Crippen LogP contribution in [0.5, 0.6) is 0 Å². The molecule has 0 aromatic heterocycles. The molecule has 0 bridgehead atoms. The highest BCUT2D eigenvalue weighted by atomic mass is 16.8. The molecule has 2 aliphatic rings. The number of rotatable bonds is 11. The van der Waals surface area contributed by atoms with Crippen molar-refractivity contribution in [3.63, 3.8) is 0 Å². The Kier molecular flexibility index (Phi) is 8.95. The molecule has 2 aliphatic heterocycles. The van der Waals surface area contributed by atoms with Crippen LogP contribution in [0.2, 0.25) is 0 Å². The summed E-state index contributed by atoms with van der Waals surface area (Å²) in [5.74, 6) is 0. The van der Waals surface area contributed by atoms with Crippen LogP contribution in [-0.2, 0) is 48.2 Å². The fourth-order valence-corrected chi connectivity index (χ4v) is 5.12. The van der Waals surface area contributed by atoms with Gasteiger partial charge in [-0.05, 0) is 16.7 Å². The third kappa shape index (κ3) is 6.67. The van der Waals surface area contributed by atoms with E-state index in [0.29, 0.717) is 26.4 Å². The molecule has 0 radical (unpaired) electrons. The molecule has 40 heavy (non-hydrogen) atoms. The molecule has 2 saturated heterocycles. The van der Waals surface area contributed by atoms with E-state index in [1.807, 2.05) is 109 Å². The lowest BCUT2D eigenvalue weighted by Crippen LogP contribution is -2.59. The maximum Gasteiger partial charge on any atom is 0.190 e. The zero-order valence-electron chi connectivity index (χ0n) is 22.3. The Balaban J connectivity index is 1.24. The van der Waals surface area contributed by atoms with Crippen LogP contribution in [0.3, 0.4) is 0 Å². The van der Waals surface area contributed by atoms with Crippen LogP contribution in [0.25, 0.3) is 0 Å². The molecule has 2 fully saturated rings. The zero-order chi connectivity index (χ0) is 27.0. The van der Waals surface area contributed by atoms with E-state index < -0.39 is 37.0 Å². The summed E-state index contributed by atoms with van der Waals surface area (Å²) in [5.41, 5.74) is 4.17.